The molecule has 26 heavy (non-hydrogen) atoms. The number of carbonyl (C=O) groups is 1. The lowest BCUT2D eigenvalue weighted by Crippen LogP contribution is -2.33. The Balaban J connectivity index is 1.43. The van der Waals surface area contributed by atoms with Gasteiger partial charge in [0, 0.05) is 30.0 Å². The molecule has 7 heteroatoms. The number of aromatic nitrogens is 3. The Kier molecular flexibility index (Phi) is 4.20. The number of carbonyl (C=O) groups excluding carboxylic acids is 1. The summed E-state index contributed by atoms with van der Waals surface area (Å²) in [5.41, 5.74) is 3.75. The van der Waals surface area contributed by atoms with E-state index in [1.54, 1.807) is 6.20 Å². The number of aryl methyl sites for hydroxylation is 2. The summed E-state index contributed by atoms with van der Waals surface area (Å²) in [7, 11) is 0. The number of hydrogen-bond acceptors (Lipinski definition) is 4. The Morgan fingerprint density at radius 2 is 2.19 bits per heavy atom. The predicted molar refractivity (Wildman–Crippen MR) is 97.9 cm³/mol. The van der Waals surface area contributed by atoms with Crippen LogP contribution in [0.1, 0.15) is 23.9 Å². The van der Waals surface area contributed by atoms with Crippen LogP contribution in [0.4, 0.5) is 10.5 Å². The summed E-state index contributed by atoms with van der Waals surface area (Å²) in [6.07, 6.45) is 3.96. The van der Waals surface area contributed by atoms with Crippen molar-refractivity contribution in [3.63, 3.8) is 0 Å². The van der Waals surface area contributed by atoms with Crippen molar-refractivity contribution in [1.82, 2.24) is 19.7 Å². The lowest BCUT2D eigenvalue weighted by molar-refractivity contribution is 0.220. The number of urea groups is 1. The minimum atomic E-state index is -0.0937. The highest BCUT2D eigenvalue weighted by Gasteiger charge is 2.28. The smallest absolute Gasteiger partial charge is 0.321 e. The molecule has 0 bridgehead atoms. The highest BCUT2D eigenvalue weighted by molar-refractivity contribution is 5.90. The Morgan fingerprint density at radius 3 is 2.92 bits per heavy atom. The van der Waals surface area contributed by atoms with Crippen molar-refractivity contribution in [2.75, 3.05) is 18.4 Å². The summed E-state index contributed by atoms with van der Waals surface area (Å²) in [4.78, 5) is 18.4. The van der Waals surface area contributed by atoms with Gasteiger partial charge in [-0.25, -0.2) is 9.78 Å². The molecule has 1 fully saturated rings. The molecule has 7 nitrogen and oxygen atoms in total. The first-order valence-electron chi connectivity index (χ1n) is 8.68. The molecule has 1 aliphatic heterocycles. The average Bonchev–Trinajstić information content (AvgIpc) is 3.35. The maximum absolute atomic E-state index is 12.6. The molecule has 3 heterocycles. The molecular weight excluding hydrogens is 330 g/mol. The van der Waals surface area contributed by atoms with Gasteiger partial charge in [0.2, 0.25) is 0 Å². The molecule has 1 unspecified atom stereocenters. The fourth-order valence-electron chi connectivity index (χ4n) is 3.45. The summed E-state index contributed by atoms with van der Waals surface area (Å²) >= 11 is 0. The lowest BCUT2D eigenvalue weighted by Gasteiger charge is -2.18. The third kappa shape index (κ3) is 3.20. The Labute approximate surface area is 151 Å². The van der Waals surface area contributed by atoms with Crippen LogP contribution in [-0.4, -0.2) is 38.8 Å². The number of oxazole rings is 1. The molecule has 1 saturated heterocycles. The molecule has 0 aliphatic carbocycles. The number of rotatable bonds is 3. The maximum Gasteiger partial charge on any atom is 0.321 e. The van der Waals surface area contributed by atoms with Crippen LogP contribution in [0.25, 0.3) is 11.3 Å². The second kappa shape index (κ2) is 6.67. The number of nitrogens with one attached hydrogen (secondary N) is 1. The van der Waals surface area contributed by atoms with Crippen LogP contribution < -0.4 is 5.32 Å². The van der Waals surface area contributed by atoms with Crippen molar-refractivity contribution in [2.24, 2.45) is 0 Å². The van der Waals surface area contributed by atoms with Crippen LogP contribution in [0.3, 0.4) is 0 Å². The molecule has 3 aromatic rings. The average molecular weight is 351 g/mol. The Bertz CT molecular complexity index is 916. The number of benzene rings is 1. The summed E-state index contributed by atoms with van der Waals surface area (Å²) in [5, 5.41) is 7.53. The van der Waals surface area contributed by atoms with Gasteiger partial charge in [-0.15, -0.1) is 0 Å². The van der Waals surface area contributed by atoms with E-state index in [4.69, 9.17) is 4.42 Å². The van der Waals surface area contributed by atoms with E-state index in [2.05, 4.69) is 28.4 Å². The van der Waals surface area contributed by atoms with Crippen molar-refractivity contribution in [3.8, 4) is 11.3 Å². The molecule has 2 amide bonds. The zero-order valence-electron chi connectivity index (χ0n) is 14.8. The van der Waals surface area contributed by atoms with Gasteiger partial charge in [0.1, 0.15) is 0 Å². The lowest BCUT2D eigenvalue weighted by atomic mass is 10.1. The highest BCUT2D eigenvalue weighted by atomic mass is 16.3. The zero-order chi connectivity index (χ0) is 18.1. The monoisotopic (exact) mass is 351 g/mol. The normalized spacial score (nSPS) is 16.8. The molecule has 0 saturated carbocycles. The zero-order valence-corrected chi connectivity index (χ0v) is 14.8. The molecule has 0 spiro atoms. The SMILES string of the molecule is Cc1cc(C)n(C2CCN(C(=O)Nc3cccc(-c4cnco4)c3)C2)n1. The second-order valence-corrected chi connectivity index (χ2v) is 6.64. The summed E-state index contributed by atoms with van der Waals surface area (Å²) in [6.45, 7) is 5.43. The van der Waals surface area contributed by atoms with Crippen molar-refractivity contribution in [3.05, 3.63) is 54.3 Å². The van der Waals surface area contributed by atoms with Crippen molar-refractivity contribution < 1.29 is 9.21 Å². The first kappa shape index (κ1) is 16.4. The van der Waals surface area contributed by atoms with Gasteiger partial charge in [-0.05, 0) is 38.5 Å². The van der Waals surface area contributed by atoms with Crippen LogP contribution in [0.5, 0.6) is 0 Å². The van der Waals surface area contributed by atoms with Crippen LogP contribution in [-0.2, 0) is 0 Å². The van der Waals surface area contributed by atoms with E-state index < -0.39 is 0 Å². The van der Waals surface area contributed by atoms with Gasteiger partial charge in [0.25, 0.3) is 0 Å². The Morgan fingerprint density at radius 1 is 1.31 bits per heavy atom. The van der Waals surface area contributed by atoms with Crippen molar-refractivity contribution in [1.29, 1.82) is 0 Å². The number of nitrogens with zero attached hydrogens (tertiary/aromatic N) is 4. The summed E-state index contributed by atoms with van der Waals surface area (Å²) in [6, 6.07) is 9.76. The van der Waals surface area contributed by atoms with E-state index in [-0.39, 0.29) is 12.1 Å². The van der Waals surface area contributed by atoms with Gasteiger partial charge in [-0.3, -0.25) is 4.68 Å². The minimum absolute atomic E-state index is 0.0937. The van der Waals surface area contributed by atoms with E-state index >= 15 is 0 Å². The number of amides is 2. The van der Waals surface area contributed by atoms with E-state index in [0.29, 0.717) is 12.3 Å². The molecular formula is C19H21N5O2. The van der Waals surface area contributed by atoms with Gasteiger partial charge in [-0.1, -0.05) is 12.1 Å². The molecule has 1 atom stereocenters. The van der Waals surface area contributed by atoms with Crippen molar-refractivity contribution >= 4 is 11.7 Å². The molecule has 0 radical (unpaired) electrons. The van der Waals surface area contributed by atoms with E-state index in [1.807, 2.05) is 40.8 Å². The number of anilines is 1. The first-order valence-corrected chi connectivity index (χ1v) is 8.68. The van der Waals surface area contributed by atoms with Crippen LogP contribution in [0.2, 0.25) is 0 Å². The number of hydrogen-bond donors (Lipinski definition) is 1. The molecule has 4 rings (SSSR count). The summed E-state index contributed by atoms with van der Waals surface area (Å²) < 4.78 is 7.35. The predicted octanol–water partition coefficient (Wildman–Crippen LogP) is 3.63. The van der Waals surface area contributed by atoms with Crippen LogP contribution in [0, 0.1) is 13.8 Å². The van der Waals surface area contributed by atoms with Crippen molar-refractivity contribution in [2.45, 2.75) is 26.3 Å². The second-order valence-electron chi connectivity index (χ2n) is 6.64. The fraction of sp³-hybridized carbons (Fsp3) is 0.316. The number of likely N-dealkylation sites (tertiary alicyclic amines) is 1. The van der Waals surface area contributed by atoms with E-state index in [1.165, 1.54) is 6.39 Å². The molecule has 134 valence electrons. The van der Waals surface area contributed by atoms with Gasteiger partial charge in [0.05, 0.1) is 17.9 Å². The summed E-state index contributed by atoms with van der Waals surface area (Å²) in [5.74, 6) is 0.673. The first-order chi connectivity index (χ1) is 12.6. The van der Waals surface area contributed by atoms with Crippen LogP contribution in [0.15, 0.2) is 47.3 Å². The molecule has 1 aliphatic rings. The maximum atomic E-state index is 12.6. The third-order valence-corrected chi connectivity index (χ3v) is 4.67. The van der Waals surface area contributed by atoms with Gasteiger partial charge in [-0.2, -0.15) is 5.10 Å². The standard InChI is InChI=1S/C19H21N5O2/c1-13-8-14(2)24(22-13)17-6-7-23(11-17)19(25)21-16-5-3-4-15(9-16)18-10-20-12-26-18/h3-5,8-10,12,17H,6-7,11H2,1-2H3,(H,21,25). The molecule has 1 N–H and O–H groups in total. The van der Waals surface area contributed by atoms with E-state index in [0.717, 1.165) is 35.6 Å². The third-order valence-electron chi connectivity index (χ3n) is 4.67. The highest BCUT2D eigenvalue weighted by Crippen LogP contribution is 2.25. The molecule has 2 aromatic heterocycles. The van der Waals surface area contributed by atoms with Crippen LogP contribution >= 0.6 is 0 Å². The largest absolute Gasteiger partial charge is 0.444 e. The fourth-order valence-corrected chi connectivity index (χ4v) is 3.45. The van der Waals surface area contributed by atoms with Gasteiger partial charge >= 0.3 is 6.03 Å². The minimum Gasteiger partial charge on any atom is -0.444 e. The quantitative estimate of drug-likeness (QED) is 0.782. The topological polar surface area (TPSA) is 76.2 Å². The Hall–Kier alpha value is -3.09. The van der Waals surface area contributed by atoms with E-state index in [9.17, 15) is 4.79 Å². The van der Waals surface area contributed by atoms with Gasteiger partial charge in [0.15, 0.2) is 12.2 Å². The van der Waals surface area contributed by atoms with Gasteiger partial charge < -0.3 is 14.6 Å². The molecule has 1 aromatic carbocycles.